The molecule has 3 N–H and O–H groups in total. The van der Waals surface area contributed by atoms with Gasteiger partial charge in [0.15, 0.2) is 5.13 Å². The summed E-state index contributed by atoms with van der Waals surface area (Å²) in [6, 6.07) is -0.0824. The van der Waals surface area contributed by atoms with Crippen LogP contribution in [0.2, 0.25) is 0 Å². The first-order valence-corrected chi connectivity index (χ1v) is 7.75. The Hall–Kier alpha value is -0.560. The van der Waals surface area contributed by atoms with E-state index in [0.717, 1.165) is 30.3 Å². The third-order valence-corrected chi connectivity index (χ3v) is 4.08. The minimum absolute atomic E-state index is 0. The molecule has 0 saturated carbocycles. The Morgan fingerprint density at radius 3 is 2.76 bits per heavy atom. The van der Waals surface area contributed by atoms with Crippen LogP contribution in [-0.4, -0.2) is 36.6 Å². The number of hydrogen-bond acceptors (Lipinski definition) is 5. The highest BCUT2D eigenvalue weighted by Gasteiger charge is 2.15. The summed E-state index contributed by atoms with van der Waals surface area (Å²) in [6.45, 7) is 4.72. The first-order valence-electron chi connectivity index (χ1n) is 6.87. The standard InChI is InChI=1S/C13H22N4OS.2ClH/c1-10(14)8-12(18)15-5-4-11-9-19-13(16-11)17-6-2-3-7-17;;/h9-10H,2-8,14H2,1H3,(H,15,18);2*1H. The molecule has 2 heterocycles. The Morgan fingerprint density at radius 1 is 1.48 bits per heavy atom. The number of nitrogens with two attached hydrogens (primary N) is 1. The molecular formula is C13H24Cl2N4OS. The van der Waals surface area contributed by atoms with Gasteiger partial charge in [0.2, 0.25) is 5.91 Å². The molecule has 0 spiro atoms. The molecule has 2 rings (SSSR count). The molecule has 122 valence electrons. The molecule has 21 heavy (non-hydrogen) atoms. The van der Waals surface area contributed by atoms with Gasteiger partial charge in [0, 0.05) is 43.9 Å². The molecule has 0 aromatic carbocycles. The van der Waals surface area contributed by atoms with E-state index in [0.29, 0.717) is 13.0 Å². The van der Waals surface area contributed by atoms with E-state index in [1.54, 1.807) is 11.3 Å². The van der Waals surface area contributed by atoms with E-state index >= 15 is 0 Å². The van der Waals surface area contributed by atoms with Crippen molar-refractivity contribution in [3.05, 3.63) is 11.1 Å². The lowest BCUT2D eigenvalue weighted by molar-refractivity contribution is -0.121. The quantitative estimate of drug-likeness (QED) is 0.819. The Morgan fingerprint density at radius 2 is 2.14 bits per heavy atom. The molecule has 5 nitrogen and oxygen atoms in total. The number of anilines is 1. The molecule has 0 bridgehead atoms. The predicted octanol–water partition coefficient (Wildman–Crippen LogP) is 1.98. The highest BCUT2D eigenvalue weighted by atomic mass is 35.5. The minimum Gasteiger partial charge on any atom is -0.356 e. The largest absolute Gasteiger partial charge is 0.356 e. The Balaban J connectivity index is 0.00000200. The molecule has 1 amide bonds. The molecule has 1 aromatic heterocycles. The Labute approximate surface area is 142 Å². The summed E-state index contributed by atoms with van der Waals surface area (Å²) in [5.41, 5.74) is 6.64. The van der Waals surface area contributed by atoms with Crippen LogP contribution in [0.5, 0.6) is 0 Å². The number of hydrogen-bond donors (Lipinski definition) is 2. The van der Waals surface area contributed by atoms with Crippen molar-refractivity contribution in [2.45, 2.75) is 38.6 Å². The van der Waals surface area contributed by atoms with Gasteiger partial charge in [-0.3, -0.25) is 4.79 Å². The summed E-state index contributed by atoms with van der Waals surface area (Å²) in [5, 5.41) is 6.08. The highest BCUT2D eigenvalue weighted by molar-refractivity contribution is 7.13. The first kappa shape index (κ1) is 20.4. The molecule has 1 aromatic rings. The van der Waals surface area contributed by atoms with Crippen LogP contribution in [0.25, 0.3) is 0 Å². The molecule has 1 fully saturated rings. The van der Waals surface area contributed by atoms with Crippen LogP contribution in [0.1, 0.15) is 31.9 Å². The SMILES string of the molecule is CC(N)CC(=O)NCCc1csc(N2CCCC2)n1.Cl.Cl. The third kappa shape index (κ3) is 6.82. The van der Waals surface area contributed by atoms with Gasteiger partial charge in [0.1, 0.15) is 0 Å². The summed E-state index contributed by atoms with van der Waals surface area (Å²) in [5.74, 6) is 0.0185. The molecule has 0 radical (unpaired) electrons. The van der Waals surface area contributed by atoms with Crippen LogP contribution < -0.4 is 16.0 Å². The normalized spacial score (nSPS) is 15.0. The van der Waals surface area contributed by atoms with Crippen molar-refractivity contribution < 1.29 is 4.79 Å². The molecular weight excluding hydrogens is 331 g/mol. The molecule has 8 heteroatoms. The topological polar surface area (TPSA) is 71.2 Å². The van der Waals surface area contributed by atoms with Gasteiger partial charge in [-0.15, -0.1) is 36.2 Å². The van der Waals surface area contributed by atoms with Crippen molar-refractivity contribution in [2.24, 2.45) is 5.73 Å². The zero-order valence-corrected chi connectivity index (χ0v) is 14.7. The van der Waals surface area contributed by atoms with Gasteiger partial charge in [-0.05, 0) is 19.8 Å². The van der Waals surface area contributed by atoms with Crippen molar-refractivity contribution in [3.63, 3.8) is 0 Å². The van der Waals surface area contributed by atoms with Crippen LogP contribution in [0.3, 0.4) is 0 Å². The van der Waals surface area contributed by atoms with Crippen LogP contribution >= 0.6 is 36.2 Å². The molecule has 0 aliphatic carbocycles. The third-order valence-electron chi connectivity index (χ3n) is 3.13. The van der Waals surface area contributed by atoms with Crippen LogP contribution in [0, 0.1) is 0 Å². The van der Waals surface area contributed by atoms with E-state index in [1.807, 2.05) is 6.92 Å². The number of carbonyl (C=O) groups excluding carboxylic acids is 1. The van der Waals surface area contributed by atoms with E-state index in [4.69, 9.17) is 5.73 Å². The number of carbonyl (C=O) groups is 1. The van der Waals surface area contributed by atoms with Gasteiger partial charge in [-0.2, -0.15) is 0 Å². The van der Waals surface area contributed by atoms with Crippen LogP contribution in [0.15, 0.2) is 5.38 Å². The Bertz CT molecular complexity index is 422. The Kier molecular flexibility index (Phi) is 9.94. The fraction of sp³-hybridized carbons (Fsp3) is 0.692. The first-order chi connectivity index (χ1) is 9.15. The lowest BCUT2D eigenvalue weighted by Gasteiger charge is -2.12. The maximum absolute atomic E-state index is 11.4. The number of amides is 1. The number of aromatic nitrogens is 1. The lowest BCUT2D eigenvalue weighted by atomic mass is 10.2. The summed E-state index contributed by atoms with van der Waals surface area (Å²) in [4.78, 5) is 18.4. The summed E-state index contributed by atoms with van der Waals surface area (Å²) in [7, 11) is 0. The fourth-order valence-corrected chi connectivity index (χ4v) is 3.07. The zero-order valence-electron chi connectivity index (χ0n) is 12.2. The second-order valence-corrected chi connectivity index (χ2v) is 5.93. The van der Waals surface area contributed by atoms with Gasteiger partial charge in [0.25, 0.3) is 0 Å². The fourth-order valence-electron chi connectivity index (χ4n) is 2.16. The monoisotopic (exact) mass is 354 g/mol. The molecule has 1 saturated heterocycles. The van der Waals surface area contributed by atoms with Crippen molar-refractivity contribution >= 4 is 47.2 Å². The van der Waals surface area contributed by atoms with E-state index < -0.39 is 0 Å². The van der Waals surface area contributed by atoms with E-state index in [2.05, 4.69) is 20.6 Å². The van der Waals surface area contributed by atoms with Gasteiger partial charge in [-0.1, -0.05) is 0 Å². The smallest absolute Gasteiger partial charge is 0.221 e. The summed E-state index contributed by atoms with van der Waals surface area (Å²) < 4.78 is 0. The van der Waals surface area contributed by atoms with Crippen molar-refractivity contribution in [1.29, 1.82) is 0 Å². The van der Waals surface area contributed by atoms with E-state index in [-0.39, 0.29) is 36.8 Å². The molecule has 1 atom stereocenters. The molecule has 1 aliphatic heterocycles. The number of thiazole rings is 1. The zero-order chi connectivity index (χ0) is 13.7. The van der Waals surface area contributed by atoms with Crippen LogP contribution in [-0.2, 0) is 11.2 Å². The van der Waals surface area contributed by atoms with Crippen molar-refractivity contribution in [2.75, 3.05) is 24.5 Å². The van der Waals surface area contributed by atoms with Crippen LogP contribution in [0.4, 0.5) is 5.13 Å². The second kappa shape index (κ2) is 10.2. The summed E-state index contributed by atoms with van der Waals surface area (Å²) >= 11 is 1.70. The number of nitrogens with one attached hydrogen (secondary N) is 1. The lowest BCUT2D eigenvalue weighted by Crippen LogP contribution is -2.31. The van der Waals surface area contributed by atoms with Gasteiger partial charge in [0.05, 0.1) is 5.69 Å². The predicted molar refractivity (Wildman–Crippen MR) is 93.0 cm³/mol. The maximum Gasteiger partial charge on any atom is 0.221 e. The highest BCUT2D eigenvalue weighted by Crippen LogP contribution is 2.24. The maximum atomic E-state index is 11.4. The average molecular weight is 355 g/mol. The number of nitrogens with zero attached hydrogens (tertiary/aromatic N) is 2. The van der Waals surface area contributed by atoms with Gasteiger partial charge < -0.3 is 16.0 Å². The average Bonchev–Trinajstić information content (AvgIpc) is 2.97. The molecule has 1 aliphatic rings. The minimum atomic E-state index is -0.0824. The van der Waals surface area contributed by atoms with E-state index in [9.17, 15) is 4.79 Å². The second-order valence-electron chi connectivity index (χ2n) is 5.10. The van der Waals surface area contributed by atoms with Gasteiger partial charge >= 0.3 is 0 Å². The number of halogens is 2. The van der Waals surface area contributed by atoms with Crippen molar-refractivity contribution in [1.82, 2.24) is 10.3 Å². The van der Waals surface area contributed by atoms with Gasteiger partial charge in [-0.25, -0.2) is 4.98 Å². The number of rotatable bonds is 6. The molecule has 1 unspecified atom stereocenters. The van der Waals surface area contributed by atoms with Crippen molar-refractivity contribution in [3.8, 4) is 0 Å². The summed E-state index contributed by atoms with van der Waals surface area (Å²) in [6.07, 6.45) is 3.70. The van der Waals surface area contributed by atoms with E-state index in [1.165, 1.54) is 12.8 Å².